The fraction of sp³-hybridized carbons (Fsp3) is 0.250. The second-order valence-corrected chi connectivity index (χ2v) is 12.9. The monoisotopic (exact) mass is 380 g/mol. The van der Waals surface area contributed by atoms with Crippen LogP contribution in [-0.4, -0.2) is 16.7 Å². The van der Waals surface area contributed by atoms with E-state index in [1.165, 1.54) is 24.3 Å². The van der Waals surface area contributed by atoms with Gasteiger partial charge in [-0.1, -0.05) is 0 Å². The van der Waals surface area contributed by atoms with Crippen molar-refractivity contribution in [3.05, 3.63) is 48.5 Å². The Bertz CT molecular complexity index is 658. The number of halogens is 6. The summed E-state index contributed by atoms with van der Waals surface area (Å²) in [5, 5.41) is -1.24. The molecule has 0 aromatic heterocycles. The van der Waals surface area contributed by atoms with E-state index in [2.05, 4.69) is 0 Å². The minimum atomic E-state index is -6.60. The normalized spacial score (nSPS) is 16.0. The van der Waals surface area contributed by atoms with Crippen LogP contribution in [-0.2, 0) is 0 Å². The van der Waals surface area contributed by atoms with Crippen LogP contribution >= 0.6 is 0 Å². The van der Waals surface area contributed by atoms with Gasteiger partial charge in [0.25, 0.3) is 0 Å². The molecule has 134 valence electrons. The third-order valence-corrected chi connectivity index (χ3v) is 9.42. The first-order valence-electron chi connectivity index (χ1n) is 7.65. The molecule has 8 heteroatoms. The molecule has 0 saturated carbocycles. The van der Waals surface area contributed by atoms with Gasteiger partial charge in [0.05, 0.1) is 0 Å². The van der Waals surface area contributed by atoms with Crippen molar-refractivity contribution in [1.82, 2.24) is 0 Å². The van der Waals surface area contributed by atoms with Gasteiger partial charge in [0, 0.05) is 0 Å². The Morgan fingerprint density at radius 3 is 1.00 bits per heavy atom. The molecule has 0 nitrogen and oxygen atoms in total. The summed E-state index contributed by atoms with van der Waals surface area (Å²) in [6.45, 7) is 2.21. The summed E-state index contributed by atoms with van der Waals surface area (Å²) in [6, 6.07) is 7.65. The molecule has 0 aliphatic carbocycles. The zero-order valence-corrected chi connectivity index (χ0v) is 15.3. The van der Waals surface area contributed by atoms with Gasteiger partial charge >= 0.3 is 137 Å². The van der Waals surface area contributed by atoms with Gasteiger partial charge in [-0.25, -0.2) is 0 Å². The Hall–Kier alpha value is -1.55. The molecule has 0 unspecified atom stereocenters. The Labute approximate surface area is 138 Å². The molecule has 0 bridgehead atoms. The van der Waals surface area contributed by atoms with E-state index in [0.29, 0.717) is 11.1 Å². The van der Waals surface area contributed by atoms with Crippen molar-refractivity contribution >= 4 is 27.1 Å². The van der Waals surface area contributed by atoms with Gasteiger partial charge in [0.1, 0.15) is 0 Å². The Morgan fingerprint density at radius 2 is 0.792 bits per heavy atom. The van der Waals surface area contributed by atoms with Gasteiger partial charge in [-0.05, 0) is 0 Å². The van der Waals surface area contributed by atoms with E-state index in [1.54, 1.807) is 0 Å². The van der Waals surface area contributed by atoms with Crippen molar-refractivity contribution in [3.63, 3.8) is 0 Å². The summed E-state index contributed by atoms with van der Waals surface area (Å²) < 4.78 is 82.4. The first-order valence-corrected chi connectivity index (χ1v) is 12.3. The molecule has 0 aliphatic heterocycles. The Morgan fingerprint density at radius 1 is 0.542 bits per heavy atom. The number of hydrogen-bond donors (Lipinski definition) is 0. The molecule has 0 saturated heterocycles. The molecule has 0 N–H and O–H groups in total. The molecule has 0 spiro atoms. The third kappa shape index (κ3) is 3.59. The van der Waals surface area contributed by atoms with Crippen LogP contribution in [0, 0.1) is 0 Å². The fourth-order valence-corrected chi connectivity index (χ4v) is 4.72. The van der Waals surface area contributed by atoms with E-state index < -0.39 is 39.2 Å². The zero-order valence-electron chi connectivity index (χ0n) is 13.3. The van der Waals surface area contributed by atoms with Crippen LogP contribution in [0.5, 0.6) is 0 Å². The predicted molar refractivity (Wildman–Crippen MR) is 90.3 cm³/mol. The second-order valence-electron chi connectivity index (χ2n) is 6.01. The van der Waals surface area contributed by atoms with Gasteiger partial charge in [0.2, 0.25) is 0 Å². The third-order valence-electron chi connectivity index (χ3n) is 4.32. The topological polar surface area (TPSA) is 0 Å². The SMILES string of the molecule is CC[Si-](F)(F)(F)c1ccc(-c2ccc([Si-](F)(F)(F)CC)cc2)cc1. The zero-order chi connectivity index (χ0) is 18.3. The quantitative estimate of drug-likeness (QED) is 0.370. The predicted octanol–water partition coefficient (Wildman–Crippen LogP) is 5.41. The summed E-state index contributed by atoms with van der Waals surface area (Å²) >= 11 is 0. The van der Waals surface area contributed by atoms with Gasteiger partial charge in [-0.2, -0.15) is 0 Å². The summed E-state index contributed by atoms with van der Waals surface area (Å²) in [5.74, 6) is 0. The van der Waals surface area contributed by atoms with E-state index in [4.69, 9.17) is 0 Å². The molecule has 2 aromatic rings. The van der Waals surface area contributed by atoms with E-state index in [9.17, 15) is 24.6 Å². The maximum absolute atomic E-state index is 13.7. The van der Waals surface area contributed by atoms with Gasteiger partial charge in [-0.3, -0.25) is 0 Å². The molecule has 0 aliphatic rings. The van der Waals surface area contributed by atoms with E-state index in [-0.39, 0.29) is 0 Å². The Kier molecular flexibility index (Phi) is 4.29. The molecular formula is C16H18F6Si2-2. The van der Waals surface area contributed by atoms with Crippen molar-refractivity contribution in [3.8, 4) is 11.1 Å². The first kappa shape index (κ1) is 18.8. The first-order chi connectivity index (χ1) is 10.8. The molecule has 0 radical (unpaired) electrons. The van der Waals surface area contributed by atoms with E-state index >= 15 is 0 Å². The van der Waals surface area contributed by atoms with Crippen molar-refractivity contribution in [2.45, 2.75) is 25.9 Å². The molecule has 0 atom stereocenters. The summed E-state index contributed by atoms with van der Waals surface area (Å²) in [4.78, 5) is 0. The van der Waals surface area contributed by atoms with Crippen LogP contribution in [0.2, 0.25) is 12.1 Å². The fourth-order valence-electron chi connectivity index (χ4n) is 2.35. The molecular weight excluding hydrogens is 362 g/mol. The minimum absolute atomic E-state index is 0.466. The second kappa shape index (κ2) is 5.48. The van der Waals surface area contributed by atoms with Crippen molar-refractivity contribution in [1.29, 1.82) is 0 Å². The van der Waals surface area contributed by atoms with Gasteiger partial charge < -0.3 is 0 Å². The molecule has 0 amide bonds. The number of rotatable bonds is 5. The molecule has 2 aromatic carbocycles. The van der Waals surface area contributed by atoms with Gasteiger partial charge in [-0.15, -0.1) is 0 Å². The molecule has 0 heterocycles. The van der Waals surface area contributed by atoms with Crippen LogP contribution in [0.25, 0.3) is 11.1 Å². The van der Waals surface area contributed by atoms with Crippen LogP contribution < -0.4 is 10.4 Å². The standard InChI is InChI=1S/C16H18F6Si2/c1-3-23(17,18,19)15-9-5-13(6-10-15)14-7-11-16(12-8-14)24(20,21,22)4-2/h5-12H,3-4H2,1-2H3/q-2. The summed E-state index contributed by atoms with van der Waals surface area (Å²) in [6.07, 6.45) is 0. The van der Waals surface area contributed by atoms with Crippen molar-refractivity contribution in [2.24, 2.45) is 0 Å². The number of hydrogen-bond acceptors (Lipinski definition) is 0. The molecule has 0 fully saturated rings. The summed E-state index contributed by atoms with van der Waals surface area (Å²) in [5.41, 5.74) is 0.932. The average molecular weight is 380 g/mol. The molecule has 2 rings (SSSR count). The average Bonchev–Trinajstić information content (AvgIpc) is 2.55. The van der Waals surface area contributed by atoms with E-state index in [0.717, 1.165) is 38.1 Å². The van der Waals surface area contributed by atoms with Crippen LogP contribution in [0.15, 0.2) is 48.5 Å². The molecule has 24 heavy (non-hydrogen) atoms. The van der Waals surface area contributed by atoms with Gasteiger partial charge in [0.15, 0.2) is 0 Å². The number of benzene rings is 2. The maximum atomic E-state index is 13.7. The van der Waals surface area contributed by atoms with Crippen LogP contribution in [0.1, 0.15) is 13.8 Å². The van der Waals surface area contributed by atoms with Crippen molar-refractivity contribution in [2.75, 3.05) is 0 Å². The van der Waals surface area contributed by atoms with Crippen LogP contribution in [0.3, 0.4) is 0 Å². The Balaban J connectivity index is 2.35. The summed E-state index contributed by atoms with van der Waals surface area (Å²) in [7, 11) is -13.2. The van der Waals surface area contributed by atoms with E-state index in [1.807, 2.05) is 0 Å². The van der Waals surface area contributed by atoms with Crippen molar-refractivity contribution < 1.29 is 24.6 Å². The van der Waals surface area contributed by atoms with Crippen LogP contribution in [0.4, 0.5) is 24.6 Å².